The van der Waals surface area contributed by atoms with E-state index in [1.165, 1.54) is 29.1 Å². The van der Waals surface area contributed by atoms with Crippen molar-refractivity contribution in [1.29, 1.82) is 0 Å². The summed E-state index contributed by atoms with van der Waals surface area (Å²) in [7, 11) is -10.1. The molecule has 1 aromatic carbocycles. The van der Waals surface area contributed by atoms with Crippen molar-refractivity contribution < 1.29 is 38.1 Å². The largest absolute Gasteiger partial charge is 0.347 e. The molecule has 0 spiro atoms. The van der Waals surface area contributed by atoms with E-state index in [9.17, 15) is 13.9 Å². The van der Waals surface area contributed by atoms with E-state index in [1.807, 2.05) is 0 Å². The zero-order chi connectivity index (χ0) is 18.0. The summed E-state index contributed by atoms with van der Waals surface area (Å²) in [5.41, 5.74) is 0.663. The highest BCUT2D eigenvalue weighted by Crippen LogP contribution is 2.59. The number of nitrogens with zero attached hydrogens (tertiary/aromatic N) is 1. The summed E-state index contributed by atoms with van der Waals surface area (Å²) in [5.74, 6) is -0.311. The van der Waals surface area contributed by atoms with Gasteiger partial charge in [-0.05, 0) is 6.07 Å². The van der Waals surface area contributed by atoms with E-state index in [-0.39, 0.29) is 11.3 Å². The van der Waals surface area contributed by atoms with E-state index in [1.54, 1.807) is 30.3 Å². The molecule has 0 bridgehead atoms. The molecule has 0 atom stereocenters. The Kier molecular flexibility index (Phi) is 5.50. The lowest BCUT2D eigenvalue weighted by atomic mass is 10.1. The van der Waals surface area contributed by atoms with E-state index in [4.69, 9.17) is 19.6 Å². The van der Waals surface area contributed by atoms with Crippen molar-refractivity contribution in [3.63, 3.8) is 0 Å². The number of pyridine rings is 1. The highest BCUT2D eigenvalue weighted by molar-refractivity contribution is 7.70. The summed E-state index contributed by atoms with van der Waals surface area (Å²) >= 11 is 0. The molecule has 0 radical (unpaired) electrons. The first-order chi connectivity index (χ1) is 11.1. The van der Waals surface area contributed by atoms with Crippen molar-refractivity contribution in [1.82, 2.24) is 0 Å². The van der Waals surface area contributed by atoms with Gasteiger partial charge in [-0.25, -0.2) is 4.57 Å². The first-order valence-corrected chi connectivity index (χ1v) is 10.1. The Balaban J connectivity index is 2.32. The maximum absolute atomic E-state index is 12.4. The van der Waals surface area contributed by atoms with Crippen LogP contribution >= 0.6 is 15.2 Å². The molecule has 0 aliphatic rings. The van der Waals surface area contributed by atoms with Gasteiger partial charge < -0.3 is 19.6 Å². The molecule has 4 N–H and O–H groups in total. The second-order valence-electron chi connectivity index (χ2n) is 5.14. The highest BCUT2D eigenvalue weighted by Gasteiger charge is 2.46. The van der Waals surface area contributed by atoms with Gasteiger partial charge >= 0.3 is 15.2 Å². The van der Waals surface area contributed by atoms with Gasteiger partial charge in [-0.2, -0.15) is 0 Å². The average Bonchev–Trinajstić information content (AvgIpc) is 2.51. The number of carbonyl (C=O) groups is 1. The number of hydrogen-bond acceptors (Lipinski definition) is 3. The smallest absolute Gasteiger partial charge is 0.324 e. The van der Waals surface area contributed by atoms with Gasteiger partial charge in [0, 0.05) is 11.6 Å². The van der Waals surface area contributed by atoms with E-state index >= 15 is 0 Å². The minimum atomic E-state index is -5.03. The molecule has 0 amide bonds. The van der Waals surface area contributed by atoms with Crippen LogP contribution in [0.1, 0.15) is 15.9 Å². The molecule has 10 heteroatoms. The molecule has 1 aromatic heterocycles. The lowest BCUT2D eigenvalue weighted by molar-refractivity contribution is -0.694. The highest BCUT2D eigenvalue weighted by atomic mass is 31.2. The Hall–Kier alpha value is -1.66. The Morgan fingerprint density at radius 2 is 1.46 bits per heavy atom. The van der Waals surface area contributed by atoms with Gasteiger partial charge in [0.2, 0.25) is 5.40 Å². The Morgan fingerprint density at radius 1 is 0.917 bits per heavy atom. The summed E-state index contributed by atoms with van der Waals surface area (Å²) in [6.45, 7) is -0.621. The van der Waals surface area contributed by atoms with Gasteiger partial charge in [0.05, 0.1) is 5.56 Å². The molecule has 0 aliphatic heterocycles. The molecule has 0 aliphatic carbocycles. The predicted octanol–water partition coefficient (Wildman–Crippen LogP) is 0.887. The number of carbonyl (C=O) groups excluding carboxylic acids is 1. The summed E-state index contributed by atoms with van der Waals surface area (Å²) in [5, 5.41) is -2.17. The quantitative estimate of drug-likeness (QED) is 0.336. The Labute approximate surface area is 137 Å². The van der Waals surface area contributed by atoms with Crippen molar-refractivity contribution in [3.8, 4) is 0 Å². The van der Waals surface area contributed by atoms with Crippen LogP contribution in [0, 0.1) is 0 Å². The van der Waals surface area contributed by atoms with Crippen LogP contribution in [0.5, 0.6) is 0 Å². The average molecular weight is 372 g/mol. The van der Waals surface area contributed by atoms with Gasteiger partial charge in [0.15, 0.2) is 24.7 Å². The zero-order valence-electron chi connectivity index (χ0n) is 12.3. The maximum Gasteiger partial charge on any atom is 0.347 e. The van der Waals surface area contributed by atoms with Gasteiger partial charge in [-0.15, -0.1) is 0 Å². The van der Waals surface area contributed by atoms with Crippen molar-refractivity contribution in [3.05, 3.63) is 66.0 Å². The summed E-state index contributed by atoms with van der Waals surface area (Å²) in [4.78, 5) is 49.0. The van der Waals surface area contributed by atoms with Crippen LogP contribution in [0.15, 0.2) is 54.9 Å². The van der Waals surface area contributed by atoms with E-state index in [0.29, 0.717) is 5.56 Å². The molecule has 24 heavy (non-hydrogen) atoms. The van der Waals surface area contributed by atoms with Crippen LogP contribution in [0.4, 0.5) is 0 Å². The molecule has 1 heterocycles. The van der Waals surface area contributed by atoms with Crippen LogP contribution in [0.25, 0.3) is 0 Å². The SMILES string of the molecule is O=C(c1ccccc1)c1ccc[n+](CC(P(=O)(O)O)P(=O)(O)O)c1. The molecule has 128 valence electrons. The molecular weight excluding hydrogens is 356 g/mol. The topological polar surface area (TPSA) is 136 Å². The molecule has 0 unspecified atom stereocenters. The lowest BCUT2D eigenvalue weighted by Crippen LogP contribution is -2.39. The van der Waals surface area contributed by atoms with Crippen molar-refractivity contribution in [2.24, 2.45) is 0 Å². The zero-order valence-corrected chi connectivity index (χ0v) is 14.1. The van der Waals surface area contributed by atoms with Crippen LogP contribution in [0.2, 0.25) is 0 Å². The van der Waals surface area contributed by atoms with Crippen molar-refractivity contribution in [2.45, 2.75) is 11.9 Å². The second kappa shape index (κ2) is 7.07. The number of benzene rings is 1. The number of rotatable bonds is 6. The van der Waals surface area contributed by atoms with E-state index in [2.05, 4.69) is 0 Å². The van der Waals surface area contributed by atoms with Gasteiger partial charge in [0.25, 0.3) is 0 Å². The predicted molar refractivity (Wildman–Crippen MR) is 84.4 cm³/mol. The van der Waals surface area contributed by atoms with E-state index < -0.39 is 27.1 Å². The third kappa shape index (κ3) is 4.68. The minimum Gasteiger partial charge on any atom is -0.324 e. The molecular formula is C14H16NO7P2+. The molecule has 0 saturated heterocycles. The fourth-order valence-corrected chi connectivity index (χ4v) is 4.49. The molecule has 2 aromatic rings. The monoisotopic (exact) mass is 372 g/mol. The molecule has 2 rings (SSSR count). The number of ketones is 1. The molecule has 0 saturated carbocycles. The van der Waals surface area contributed by atoms with Gasteiger partial charge in [-0.1, -0.05) is 30.3 Å². The first kappa shape index (κ1) is 18.7. The van der Waals surface area contributed by atoms with Crippen molar-refractivity contribution in [2.75, 3.05) is 0 Å². The number of aromatic nitrogens is 1. The molecule has 8 nitrogen and oxygen atoms in total. The summed E-state index contributed by atoms with van der Waals surface area (Å²) < 4.78 is 23.9. The van der Waals surface area contributed by atoms with Crippen LogP contribution in [-0.2, 0) is 15.7 Å². The Bertz CT molecular complexity index is 806. The van der Waals surface area contributed by atoms with Crippen LogP contribution in [-0.4, -0.2) is 30.8 Å². The third-order valence-electron chi connectivity index (χ3n) is 3.31. The van der Waals surface area contributed by atoms with Gasteiger partial charge in [0.1, 0.15) is 0 Å². The van der Waals surface area contributed by atoms with Gasteiger partial charge in [-0.3, -0.25) is 13.9 Å². The van der Waals surface area contributed by atoms with Crippen LogP contribution < -0.4 is 4.57 Å². The van der Waals surface area contributed by atoms with Crippen LogP contribution in [0.3, 0.4) is 0 Å². The van der Waals surface area contributed by atoms with E-state index in [0.717, 1.165) is 0 Å². The first-order valence-electron chi connectivity index (χ1n) is 6.78. The van der Waals surface area contributed by atoms with Crippen molar-refractivity contribution >= 4 is 21.0 Å². The molecule has 0 fully saturated rings. The lowest BCUT2D eigenvalue weighted by Gasteiger charge is -2.16. The third-order valence-corrected chi connectivity index (χ3v) is 6.99. The standard InChI is InChI=1S/C14H15NO7P2/c16-14(11-5-2-1-3-6-11)12-7-4-8-15(9-12)10-13(23(17,18)19)24(20,21)22/h1-9,13H,10H2,(H3-,17,18,19,20,21,22)/p+1. The fraction of sp³-hybridized carbons (Fsp3) is 0.143. The fourth-order valence-electron chi connectivity index (χ4n) is 2.12. The second-order valence-corrected chi connectivity index (χ2v) is 9.15. The summed E-state index contributed by atoms with van der Waals surface area (Å²) in [6, 6.07) is 11.4. The normalized spacial score (nSPS) is 12.4. The minimum absolute atomic E-state index is 0.235. The summed E-state index contributed by atoms with van der Waals surface area (Å²) in [6.07, 6.45) is 2.67. The maximum atomic E-state index is 12.4. The Morgan fingerprint density at radius 3 is 2.00 bits per heavy atom. The number of hydrogen-bond donors (Lipinski definition) is 4.